The molecule has 1 aliphatic rings. The lowest BCUT2D eigenvalue weighted by molar-refractivity contribution is 0.261. The van der Waals surface area contributed by atoms with Crippen LogP contribution >= 0.6 is 0 Å². The van der Waals surface area contributed by atoms with Crippen LogP contribution in [0.15, 0.2) is 24.3 Å². The molecule has 0 bridgehead atoms. The highest BCUT2D eigenvalue weighted by Gasteiger charge is 2.21. The topological polar surface area (TPSA) is 12.0 Å². The van der Waals surface area contributed by atoms with E-state index >= 15 is 0 Å². The molecule has 0 spiro atoms. The van der Waals surface area contributed by atoms with E-state index in [0.29, 0.717) is 6.04 Å². The van der Waals surface area contributed by atoms with Gasteiger partial charge in [-0.2, -0.15) is 0 Å². The van der Waals surface area contributed by atoms with E-state index in [1.807, 2.05) is 0 Å². The minimum Gasteiger partial charge on any atom is -0.310 e. The molecule has 0 saturated heterocycles. The predicted octanol–water partition coefficient (Wildman–Crippen LogP) is 4.44. The molecule has 1 nitrogen and oxygen atoms in total. The van der Waals surface area contributed by atoms with E-state index in [-0.39, 0.29) is 0 Å². The van der Waals surface area contributed by atoms with Crippen LogP contribution in [0.5, 0.6) is 0 Å². The van der Waals surface area contributed by atoms with E-state index in [0.717, 1.165) is 12.5 Å². The lowest BCUT2D eigenvalue weighted by atomic mass is 9.83. The summed E-state index contributed by atoms with van der Waals surface area (Å²) in [6.07, 6.45) is 8.44. The summed E-state index contributed by atoms with van der Waals surface area (Å²) in [5.41, 5.74) is 2.86. The molecule has 1 fully saturated rings. The van der Waals surface area contributed by atoms with Crippen molar-refractivity contribution in [2.24, 2.45) is 5.92 Å². The number of rotatable bonds is 5. The summed E-state index contributed by atoms with van der Waals surface area (Å²) >= 11 is 0. The number of nitrogens with one attached hydrogen (secondary N) is 1. The molecule has 0 radical (unpaired) electrons. The standard InChI is InChI=1S/C17H27N/c1-3-17(15-10-5-4-6-11-15)18-13-16-12-8-7-9-14(16)2/h7-9,12,15,17-18H,3-6,10-11,13H2,1-2H3. The molecule has 100 valence electrons. The van der Waals surface area contributed by atoms with Gasteiger partial charge in [0.2, 0.25) is 0 Å². The minimum atomic E-state index is 0.713. The normalized spacial score (nSPS) is 18.8. The van der Waals surface area contributed by atoms with Gasteiger partial charge in [-0.25, -0.2) is 0 Å². The zero-order valence-corrected chi connectivity index (χ0v) is 11.9. The molecule has 1 saturated carbocycles. The van der Waals surface area contributed by atoms with E-state index in [9.17, 15) is 0 Å². The summed E-state index contributed by atoms with van der Waals surface area (Å²) in [7, 11) is 0. The van der Waals surface area contributed by atoms with Crippen molar-refractivity contribution in [1.29, 1.82) is 0 Å². The SMILES string of the molecule is CCC(NCc1ccccc1C)C1CCCCC1. The first-order valence-electron chi connectivity index (χ1n) is 7.59. The first-order valence-corrected chi connectivity index (χ1v) is 7.59. The van der Waals surface area contributed by atoms with Crippen LogP contribution in [0.2, 0.25) is 0 Å². The van der Waals surface area contributed by atoms with Crippen LogP contribution in [0.4, 0.5) is 0 Å². The van der Waals surface area contributed by atoms with Crippen LogP contribution in [0.3, 0.4) is 0 Å². The molecule has 0 aliphatic heterocycles. The second-order valence-corrected chi connectivity index (χ2v) is 5.72. The van der Waals surface area contributed by atoms with Gasteiger partial charge in [-0.3, -0.25) is 0 Å². The molecule has 1 unspecified atom stereocenters. The fourth-order valence-corrected chi connectivity index (χ4v) is 3.23. The molecule has 1 aromatic rings. The van der Waals surface area contributed by atoms with Gasteiger partial charge in [-0.1, -0.05) is 50.5 Å². The molecule has 18 heavy (non-hydrogen) atoms. The third-order valence-corrected chi connectivity index (χ3v) is 4.47. The Bertz CT molecular complexity index is 352. The Morgan fingerprint density at radius 3 is 2.56 bits per heavy atom. The highest BCUT2D eigenvalue weighted by molar-refractivity contribution is 5.25. The summed E-state index contributed by atoms with van der Waals surface area (Å²) in [5, 5.41) is 3.80. The second kappa shape index (κ2) is 6.94. The van der Waals surface area contributed by atoms with E-state index in [2.05, 4.69) is 43.4 Å². The number of hydrogen-bond acceptors (Lipinski definition) is 1. The van der Waals surface area contributed by atoms with Gasteiger partial charge in [0, 0.05) is 12.6 Å². The summed E-state index contributed by atoms with van der Waals surface area (Å²) in [6.45, 7) is 5.56. The molecular formula is C17H27N. The quantitative estimate of drug-likeness (QED) is 0.808. The van der Waals surface area contributed by atoms with Crippen LogP contribution in [0.1, 0.15) is 56.6 Å². The van der Waals surface area contributed by atoms with Crippen molar-refractivity contribution in [3.05, 3.63) is 35.4 Å². The monoisotopic (exact) mass is 245 g/mol. The van der Waals surface area contributed by atoms with Crippen molar-refractivity contribution < 1.29 is 0 Å². The molecule has 0 amide bonds. The van der Waals surface area contributed by atoms with Crippen molar-refractivity contribution in [3.63, 3.8) is 0 Å². The summed E-state index contributed by atoms with van der Waals surface area (Å²) in [6, 6.07) is 9.43. The van der Waals surface area contributed by atoms with Gasteiger partial charge in [0.1, 0.15) is 0 Å². The molecule has 0 aromatic heterocycles. The molecule has 1 heteroatoms. The predicted molar refractivity (Wildman–Crippen MR) is 78.7 cm³/mol. The third-order valence-electron chi connectivity index (χ3n) is 4.47. The van der Waals surface area contributed by atoms with E-state index in [4.69, 9.17) is 0 Å². The van der Waals surface area contributed by atoms with Gasteiger partial charge in [0.05, 0.1) is 0 Å². The van der Waals surface area contributed by atoms with Crippen molar-refractivity contribution in [1.82, 2.24) is 5.32 Å². The molecular weight excluding hydrogens is 218 g/mol. The van der Waals surface area contributed by atoms with Crippen molar-refractivity contribution in [2.75, 3.05) is 0 Å². The Morgan fingerprint density at radius 1 is 1.17 bits per heavy atom. The van der Waals surface area contributed by atoms with Gasteiger partial charge in [0.25, 0.3) is 0 Å². The largest absolute Gasteiger partial charge is 0.310 e. The Hall–Kier alpha value is -0.820. The number of hydrogen-bond donors (Lipinski definition) is 1. The zero-order valence-electron chi connectivity index (χ0n) is 11.9. The summed E-state index contributed by atoms with van der Waals surface area (Å²) in [5.74, 6) is 0.910. The maximum atomic E-state index is 3.80. The first-order chi connectivity index (χ1) is 8.81. The zero-order chi connectivity index (χ0) is 12.8. The highest BCUT2D eigenvalue weighted by atomic mass is 14.9. The van der Waals surface area contributed by atoms with Crippen LogP contribution < -0.4 is 5.32 Å². The van der Waals surface area contributed by atoms with E-state index in [1.54, 1.807) is 0 Å². The van der Waals surface area contributed by atoms with Gasteiger partial charge < -0.3 is 5.32 Å². The average Bonchev–Trinajstić information content (AvgIpc) is 2.42. The van der Waals surface area contributed by atoms with Crippen LogP contribution in [-0.2, 0) is 6.54 Å². The third kappa shape index (κ3) is 3.58. The fraction of sp³-hybridized carbons (Fsp3) is 0.647. The molecule has 1 atom stereocenters. The summed E-state index contributed by atoms with van der Waals surface area (Å²) in [4.78, 5) is 0. The van der Waals surface area contributed by atoms with Crippen molar-refractivity contribution in [2.45, 2.75) is 65.0 Å². The van der Waals surface area contributed by atoms with Crippen molar-refractivity contribution >= 4 is 0 Å². The maximum Gasteiger partial charge on any atom is 0.0210 e. The lowest BCUT2D eigenvalue weighted by Gasteiger charge is -2.30. The Morgan fingerprint density at radius 2 is 1.89 bits per heavy atom. The number of benzene rings is 1. The van der Waals surface area contributed by atoms with Crippen molar-refractivity contribution in [3.8, 4) is 0 Å². The highest BCUT2D eigenvalue weighted by Crippen LogP contribution is 2.27. The van der Waals surface area contributed by atoms with E-state index < -0.39 is 0 Å². The second-order valence-electron chi connectivity index (χ2n) is 5.72. The smallest absolute Gasteiger partial charge is 0.0210 e. The van der Waals surface area contributed by atoms with E-state index in [1.165, 1.54) is 49.7 Å². The average molecular weight is 245 g/mol. The maximum absolute atomic E-state index is 3.80. The van der Waals surface area contributed by atoms with Gasteiger partial charge in [0.15, 0.2) is 0 Å². The van der Waals surface area contributed by atoms with Crippen LogP contribution in [-0.4, -0.2) is 6.04 Å². The van der Waals surface area contributed by atoms with Crippen LogP contribution in [0.25, 0.3) is 0 Å². The Balaban J connectivity index is 1.88. The Kier molecular flexibility index (Phi) is 5.25. The van der Waals surface area contributed by atoms with Gasteiger partial charge in [-0.15, -0.1) is 0 Å². The number of aryl methyl sites for hydroxylation is 1. The van der Waals surface area contributed by atoms with Gasteiger partial charge in [-0.05, 0) is 43.2 Å². The molecule has 1 aliphatic carbocycles. The van der Waals surface area contributed by atoms with Gasteiger partial charge >= 0.3 is 0 Å². The van der Waals surface area contributed by atoms with Crippen LogP contribution in [0, 0.1) is 12.8 Å². The minimum absolute atomic E-state index is 0.713. The molecule has 0 heterocycles. The lowest BCUT2D eigenvalue weighted by Crippen LogP contribution is -2.36. The molecule has 2 rings (SSSR count). The fourth-order valence-electron chi connectivity index (χ4n) is 3.23. The first kappa shape index (κ1) is 13.6. The Labute approximate surface area is 112 Å². The summed E-state index contributed by atoms with van der Waals surface area (Å²) < 4.78 is 0. The molecule has 1 N–H and O–H groups in total. The molecule has 1 aromatic carbocycles.